The lowest BCUT2D eigenvalue weighted by Crippen LogP contribution is -2.41. The third kappa shape index (κ3) is 1.89. The molecule has 0 aliphatic heterocycles. The van der Waals surface area contributed by atoms with Crippen LogP contribution in [0.3, 0.4) is 0 Å². The minimum Gasteiger partial charge on any atom is -0.393 e. The molecule has 5 heteroatoms. The normalized spacial score (nSPS) is 38.0. The number of ketones is 2. The van der Waals surface area contributed by atoms with Crippen molar-refractivity contribution in [1.82, 2.24) is 0 Å². The summed E-state index contributed by atoms with van der Waals surface area (Å²) >= 11 is 0. The van der Waals surface area contributed by atoms with Gasteiger partial charge in [0.05, 0.1) is 18.3 Å². The Bertz CT molecular complexity index is 511. The van der Waals surface area contributed by atoms with Crippen LogP contribution in [0.5, 0.6) is 0 Å². The topological polar surface area (TPSA) is 94.8 Å². The van der Waals surface area contributed by atoms with Gasteiger partial charge in [-0.2, -0.15) is 0 Å². The molecule has 3 aliphatic rings. The number of carbonyl (C=O) groups is 2. The van der Waals surface area contributed by atoms with Crippen LogP contribution in [0.2, 0.25) is 0 Å². The van der Waals surface area contributed by atoms with Gasteiger partial charge in [-0.05, 0) is 18.8 Å². The Kier molecular flexibility index (Phi) is 3.16. The maximum atomic E-state index is 12.5. The molecule has 0 radical (unpaired) electrons. The Hall–Kier alpha value is -1.30. The smallest absolute Gasteiger partial charge is 0.191 e. The Morgan fingerprint density at radius 3 is 2.05 bits per heavy atom. The Labute approximate surface area is 116 Å². The van der Waals surface area contributed by atoms with E-state index in [0.29, 0.717) is 18.4 Å². The molecule has 3 rings (SSSR count). The molecule has 0 amide bonds. The third-order valence-corrected chi connectivity index (χ3v) is 4.47. The Balaban J connectivity index is 2.10. The van der Waals surface area contributed by atoms with Crippen LogP contribution in [0.25, 0.3) is 0 Å². The van der Waals surface area contributed by atoms with Gasteiger partial charge in [-0.25, -0.2) is 0 Å². The highest BCUT2D eigenvalue weighted by molar-refractivity contribution is 6.26. The number of Topliss-reactive ketones (excluding diaryl/α,β-unsaturated/α-hetero) is 2. The summed E-state index contributed by atoms with van der Waals surface area (Å²) in [5, 5.41) is 29.8. The molecule has 0 aromatic carbocycles. The van der Waals surface area contributed by atoms with E-state index in [4.69, 9.17) is 0 Å². The van der Waals surface area contributed by atoms with E-state index in [1.165, 1.54) is 0 Å². The molecule has 3 aliphatic carbocycles. The van der Waals surface area contributed by atoms with Crippen molar-refractivity contribution >= 4 is 11.6 Å². The molecule has 0 bridgehead atoms. The van der Waals surface area contributed by atoms with Gasteiger partial charge < -0.3 is 15.3 Å². The standard InChI is InChI=1S/C15H18O5/c1-6-2-8-12(10(17)3-6)15(20)13-9(14(8)19)4-7(16)5-11(13)18/h6-7,10-11,16-18H,2-5H2,1H3/t6-,7+,10?,11+/m0/s1. The van der Waals surface area contributed by atoms with E-state index in [0.717, 1.165) is 0 Å². The van der Waals surface area contributed by atoms with Gasteiger partial charge in [0.2, 0.25) is 0 Å². The number of aliphatic hydroxyl groups excluding tert-OH is 3. The van der Waals surface area contributed by atoms with Crippen LogP contribution in [0.15, 0.2) is 22.3 Å². The van der Waals surface area contributed by atoms with Crippen molar-refractivity contribution in [3.8, 4) is 0 Å². The van der Waals surface area contributed by atoms with Gasteiger partial charge in [-0.15, -0.1) is 0 Å². The largest absolute Gasteiger partial charge is 0.393 e. The number of aliphatic hydroxyl groups is 3. The number of carbonyl (C=O) groups excluding carboxylic acids is 2. The summed E-state index contributed by atoms with van der Waals surface area (Å²) in [4.78, 5) is 25.0. The molecular weight excluding hydrogens is 260 g/mol. The summed E-state index contributed by atoms with van der Waals surface area (Å²) in [5.41, 5.74) is 0.873. The average molecular weight is 278 g/mol. The van der Waals surface area contributed by atoms with Crippen molar-refractivity contribution in [2.75, 3.05) is 0 Å². The highest BCUT2D eigenvalue weighted by Crippen LogP contribution is 2.41. The Morgan fingerprint density at radius 2 is 1.40 bits per heavy atom. The number of hydrogen-bond acceptors (Lipinski definition) is 5. The molecule has 5 nitrogen and oxygen atoms in total. The summed E-state index contributed by atoms with van der Waals surface area (Å²) in [5.74, 6) is -0.549. The van der Waals surface area contributed by atoms with Crippen LogP contribution in [-0.4, -0.2) is 45.2 Å². The molecule has 3 N–H and O–H groups in total. The molecule has 4 atom stereocenters. The van der Waals surface area contributed by atoms with Gasteiger partial charge in [0.1, 0.15) is 0 Å². The van der Waals surface area contributed by atoms with Crippen molar-refractivity contribution in [2.24, 2.45) is 5.92 Å². The second-order valence-electron chi connectivity index (χ2n) is 6.11. The van der Waals surface area contributed by atoms with Crippen molar-refractivity contribution < 1.29 is 24.9 Å². The summed E-state index contributed by atoms with van der Waals surface area (Å²) < 4.78 is 0. The first-order valence-corrected chi connectivity index (χ1v) is 6.99. The van der Waals surface area contributed by atoms with Crippen molar-refractivity contribution in [1.29, 1.82) is 0 Å². The quantitative estimate of drug-likeness (QED) is 0.544. The minimum absolute atomic E-state index is 0.0625. The van der Waals surface area contributed by atoms with E-state index in [1.807, 2.05) is 6.92 Å². The van der Waals surface area contributed by atoms with Crippen molar-refractivity contribution in [3.63, 3.8) is 0 Å². The lowest BCUT2D eigenvalue weighted by atomic mass is 9.69. The molecular formula is C15H18O5. The van der Waals surface area contributed by atoms with Crippen LogP contribution in [0, 0.1) is 5.92 Å². The second-order valence-corrected chi connectivity index (χ2v) is 6.11. The second kappa shape index (κ2) is 4.62. The summed E-state index contributed by atoms with van der Waals surface area (Å²) in [6.07, 6.45) is -1.75. The van der Waals surface area contributed by atoms with Gasteiger partial charge in [-0.3, -0.25) is 9.59 Å². The fraction of sp³-hybridized carbons (Fsp3) is 0.600. The highest BCUT2D eigenvalue weighted by atomic mass is 16.3. The lowest BCUT2D eigenvalue weighted by molar-refractivity contribution is -0.119. The van der Waals surface area contributed by atoms with Crippen LogP contribution in [0.4, 0.5) is 0 Å². The predicted octanol–water partition coefficient (Wildman–Crippen LogP) is 0.0378. The fourth-order valence-electron chi connectivity index (χ4n) is 3.58. The SMILES string of the molecule is C[C@H]1CC2=C(C(=O)C3=C(C[C@@H](O)C[C@H]3O)C2=O)C(O)C1. The van der Waals surface area contributed by atoms with Crippen LogP contribution < -0.4 is 0 Å². The van der Waals surface area contributed by atoms with Crippen molar-refractivity contribution in [3.05, 3.63) is 22.3 Å². The molecule has 0 aromatic rings. The molecule has 20 heavy (non-hydrogen) atoms. The zero-order chi connectivity index (χ0) is 14.6. The van der Waals surface area contributed by atoms with E-state index in [9.17, 15) is 24.9 Å². The maximum absolute atomic E-state index is 12.5. The molecule has 0 aromatic heterocycles. The first-order chi connectivity index (χ1) is 9.40. The molecule has 0 saturated carbocycles. The van der Waals surface area contributed by atoms with E-state index in [1.54, 1.807) is 0 Å². The minimum atomic E-state index is -1.12. The van der Waals surface area contributed by atoms with Gasteiger partial charge in [0.15, 0.2) is 11.6 Å². The molecule has 1 unspecified atom stereocenters. The van der Waals surface area contributed by atoms with Gasteiger partial charge in [-0.1, -0.05) is 6.92 Å². The third-order valence-electron chi connectivity index (χ3n) is 4.47. The monoisotopic (exact) mass is 278 g/mol. The summed E-state index contributed by atoms with van der Waals surface area (Å²) in [7, 11) is 0. The summed E-state index contributed by atoms with van der Waals surface area (Å²) in [6.45, 7) is 1.93. The maximum Gasteiger partial charge on any atom is 0.191 e. The first kappa shape index (κ1) is 13.7. The number of allylic oxidation sites excluding steroid dienone is 1. The highest BCUT2D eigenvalue weighted by Gasteiger charge is 2.44. The van der Waals surface area contributed by atoms with E-state index in [-0.39, 0.29) is 41.3 Å². The van der Waals surface area contributed by atoms with Crippen molar-refractivity contribution in [2.45, 2.75) is 50.9 Å². The first-order valence-electron chi connectivity index (χ1n) is 6.99. The van der Waals surface area contributed by atoms with Crippen LogP contribution in [0.1, 0.15) is 32.6 Å². The zero-order valence-corrected chi connectivity index (χ0v) is 11.3. The van der Waals surface area contributed by atoms with E-state index in [2.05, 4.69) is 0 Å². The number of hydrogen-bond donors (Lipinski definition) is 3. The summed E-state index contributed by atoms with van der Waals surface area (Å²) in [6, 6.07) is 0. The molecule has 108 valence electrons. The van der Waals surface area contributed by atoms with Gasteiger partial charge in [0, 0.05) is 35.1 Å². The van der Waals surface area contributed by atoms with Crippen LogP contribution >= 0.6 is 0 Å². The fourth-order valence-corrected chi connectivity index (χ4v) is 3.58. The molecule has 0 heterocycles. The predicted molar refractivity (Wildman–Crippen MR) is 69.7 cm³/mol. The van der Waals surface area contributed by atoms with Gasteiger partial charge >= 0.3 is 0 Å². The zero-order valence-electron chi connectivity index (χ0n) is 11.3. The molecule has 0 fully saturated rings. The lowest BCUT2D eigenvalue weighted by Gasteiger charge is -2.36. The average Bonchev–Trinajstić information content (AvgIpc) is 2.34. The van der Waals surface area contributed by atoms with Gasteiger partial charge in [0.25, 0.3) is 0 Å². The Morgan fingerprint density at radius 1 is 0.850 bits per heavy atom. The van der Waals surface area contributed by atoms with E-state index >= 15 is 0 Å². The van der Waals surface area contributed by atoms with Crippen LogP contribution in [-0.2, 0) is 9.59 Å². The number of rotatable bonds is 0. The molecule has 0 saturated heterocycles. The van der Waals surface area contributed by atoms with E-state index < -0.39 is 24.1 Å². The molecule has 0 spiro atoms.